The van der Waals surface area contributed by atoms with E-state index in [-0.39, 0.29) is 11.8 Å². The van der Waals surface area contributed by atoms with E-state index in [4.69, 9.17) is 0 Å². The standard InChI is InChI=1S/C16H21N5O2/c1-10-7-11(2)21(20-10)15-6-5-14(8-17-15)9-18-16(23)12(3)19-13(4)22/h5-8,12H,9H2,1-4H3,(H,18,23)(H,19,22)/t12-/m1/s1. The van der Waals surface area contributed by atoms with Crippen molar-refractivity contribution in [1.82, 2.24) is 25.4 Å². The van der Waals surface area contributed by atoms with Gasteiger partial charge in [-0.15, -0.1) is 0 Å². The number of hydrogen-bond acceptors (Lipinski definition) is 4. The van der Waals surface area contributed by atoms with E-state index in [1.807, 2.05) is 32.0 Å². The Morgan fingerprint density at radius 2 is 2.04 bits per heavy atom. The van der Waals surface area contributed by atoms with Gasteiger partial charge in [-0.25, -0.2) is 9.67 Å². The van der Waals surface area contributed by atoms with Crippen molar-refractivity contribution in [3.8, 4) is 5.82 Å². The van der Waals surface area contributed by atoms with E-state index in [0.29, 0.717) is 6.54 Å². The molecule has 0 saturated heterocycles. The molecule has 2 aromatic heterocycles. The zero-order valence-electron chi connectivity index (χ0n) is 13.8. The largest absolute Gasteiger partial charge is 0.350 e. The second-order valence-electron chi connectivity index (χ2n) is 5.50. The van der Waals surface area contributed by atoms with Crippen molar-refractivity contribution in [3.63, 3.8) is 0 Å². The molecule has 2 heterocycles. The summed E-state index contributed by atoms with van der Waals surface area (Å²) < 4.78 is 1.77. The highest BCUT2D eigenvalue weighted by atomic mass is 16.2. The molecule has 0 spiro atoms. The molecule has 2 aromatic rings. The summed E-state index contributed by atoms with van der Waals surface area (Å²) in [6.07, 6.45) is 1.70. The van der Waals surface area contributed by atoms with Crippen LogP contribution in [0.5, 0.6) is 0 Å². The average Bonchev–Trinajstić information content (AvgIpc) is 2.83. The predicted molar refractivity (Wildman–Crippen MR) is 86.0 cm³/mol. The zero-order valence-corrected chi connectivity index (χ0v) is 13.8. The second-order valence-corrected chi connectivity index (χ2v) is 5.50. The quantitative estimate of drug-likeness (QED) is 0.862. The molecule has 0 aromatic carbocycles. The third-order valence-electron chi connectivity index (χ3n) is 3.32. The number of carbonyl (C=O) groups excluding carboxylic acids is 2. The minimum atomic E-state index is -0.561. The van der Waals surface area contributed by atoms with Crippen molar-refractivity contribution in [2.24, 2.45) is 0 Å². The van der Waals surface area contributed by atoms with Crippen LogP contribution in [0.1, 0.15) is 30.8 Å². The summed E-state index contributed by atoms with van der Waals surface area (Å²) in [5.74, 6) is 0.267. The fraction of sp³-hybridized carbons (Fsp3) is 0.375. The first-order valence-corrected chi connectivity index (χ1v) is 7.40. The van der Waals surface area contributed by atoms with Crippen molar-refractivity contribution in [2.45, 2.75) is 40.3 Å². The van der Waals surface area contributed by atoms with Crippen molar-refractivity contribution in [3.05, 3.63) is 41.3 Å². The number of pyridine rings is 1. The maximum Gasteiger partial charge on any atom is 0.242 e. The Morgan fingerprint density at radius 3 is 2.57 bits per heavy atom. The summed E-state index contributed by atoms with van der Waals surface area (Å²) in [4.78, 5) is 27.1. The molecule has 0 fully saturated rings. The molecule has 2 rings (SSSR count). The van der Waals surface area contributed by atoms with Gasteiger partial charge >= 0.3 is 0 Å². The molecule has 0 radical (unpaired) electrons. The number of nitrogens with zero attached hydrogens (tertiary/aromatic N) is 3. The van der Waals surface area contributed by atoms with E-state index in [1.165, 1.54) is 6.92 Å². The van der Waals surface area contributed by atoms with Crippen LogP contribution < -0.4 is 10.6 Å². The molecule has 0 unspecified atom stereocenters. The van der Waals surface area contributed by atoms with Crippen molar-refractivity contribution in [2.75, 3.05) is 0 Å². The van der Waals surface area contributed by atoms with Gasteiger partial charge in [0.2, 0.25) is 11.8 Å². The van der Waals surface area contributed by atoms with Crippen LogP contribution in [0.4, 0.5) is 0 Å². The Hall–Kier alpha value is -2.70. The van der Waals surface area contributed by atoms with Gasteiger partial charge in [0.1, 0.15) is 6.04 Å². The molecule has 2 amide bonds. The van der Waals surface area contributed by atoms with Crippen LogP contribution >= 0.6 is 0 Å². The molecule has 2 N–H and O–H groups in total. The SMILES string of the molecule is CC(=O)N[C@H](C)C(=O)NCc1ccc(-n2nc(C)cc2C)nc1. The highest BCUT2D eigenvalue weighted by Gasteiger charge is 2.13. The molecule has 7 heteroatoms. The van der Waals surface area contributed by atoms with Crippen LogP contribution in [0.25, 0.3) is 5.82 Å². The number of nitrogens with one attached hydrogen (secondary N) is 2. The van der Waals surface area contributed by atoms with Gasteiger partial charge in [0.15, 0.2) is 5.82 Å². The maximum absolute atomic E-state index is 11.8. The van der Waals surface area contributed by atoms with Crippen LogP contribution in [0.15, 0.2) is 24.4 Å². The average molecular weight is 315 g/mol. The fourth-order valence-corrected chi connectivity index (χ4v) is 2.22. The van der Waals surface area contributed by atoms with Crippen molar-refractivity contribution < 1.29 is 9.59 Å². The molecule has 7 nitrogen and oxygen atoms in total. The fourth-order valence-electron chi connectivity index (χ4n) is 2.22. The summed E-state index contributed by atoms with van der Waals surface area (Å²) in [6.45, 7) is 7.28. The minimum Gasteiger partial charge on any atom is -0.350 e. The summed E-state index contributed by atoms with van der Waals surface area (Å²) in [7, 11) is 0. The number of carbonyl (C=O) groups is 2. The number of hydrogen-bond donors (Lipinski definition) is 2. The third kappa shape index (κ3) is 4.38. The monoisotopic (exact) mass is 315 g/mol. The van der Waals surface area contributed by atoms with E-state index >= 15 is 0 Å². The Bertz CT molecular complexity index is 706. The molecule has 0 saturated carbocycles. The van der Waals surface area contributed by atoms with Crippen LogP contribution in [0.2, 0.25) is 0 Å². The molecule has 1 atom stereocenters. The van der Waals surface area contributed by atoms with E-state index in [1.54, 1.807) is 17.8 Å². The highest BCUT2D eigenvalue weighted by Crippen LogP contribution is 2.10. The van der Waals surface area contributed by atoms with Gasteiger partial charge in [0.25, 0.3) is 0 Å². The maximum atomic E-state index is 11.8. The first kappa shape index (κ1) is 16.7. The first-order valence-electron chi connectivity index (χ1n) is 7.40. The number of aromatic nitrogens is 3. The molecule has 0 aliphatic heterocycles. The lowest BCUT2D eigenvalue weighted by Gasteiger charge is -2.13. The van der Waals surface area contributed by atoms with Crippen molar-refractivity contribution in [1.29, 1.82) is 0 Å². The number of aryl methyl sites for hydroxylation is 2. The van der Waals surface area contributed by atoms with E-state index < -0.39 is 6.04 Å². The van der Waals surface area contributed by atoms with Gasteiger partial charge in [-0.3, -0.25) is 9.59 Å². The number of rotatable bonds is 5. The lowest BCUT2D eigenvalue weighted by Crippen LogP contribution is -2.43. The summed E-state index contributed by atoms with van der Waals surface area (Å²) in [6, 6.07) is 5.17. The summed E-state index contributed by atoms with van der Waals surface area (Å²) >= 11 is 0. The molecule has 23 heavy (non-hydrogen) atoms. The molecule has 0 bridgehead atoms. The molecule has 0 aliphatic rings. The van der Waals surface area contributed by atoms with Crippen LogP contribution in [-0.2, 0) is 16.1 Å². The van der Waals surface area contributed by atoms with Gasteiger partial charge in [0, 0.05) is 25.4 Å². The smallest absolute Gasteiger partial charge is 0.242 e. The predicted octanol–water partition coefficient (Wildman–Crippen LogP) is 1.02. The van der Waals surface area contributed by atoms with Gasteiger partial charge in [-0.2, -0.15) is 5.10 Å². The summed E-state index contributed by atoms with van der Waals surface area (Å²) in [5, 5.41) is 9.68. The van der Waals surface area contributed by atoms with Crippen LogP contribution in [0.3, 0.4) is 0 Å². The highest BCUT2D eigenvalue weighted by molar-refractivity contribution is 5.86. The Balaban J connectivity index is 1.97. The third-order valence-corrected chi connectivity index (χ3v) is 3.32. The van der Waals surface area contributed by atoms with Crippen LogP contribution in [0, 0.1) is 13.8 Å². The Morgan fingerprint density at radius 1 is 1.30 bits per heavy atom. The second kappa shape index (κ2) is 7.04. The van der Waals surface area contributed by atoms with Gasteiger partial charge in [-0.1, -0.05) is 6.07 Å². The van der Waals surface area contributed by atoms with Crippen molar-refractivity contribution >= 4 is 11.8 Å². The van der Waals surface area contributed by atoms with Crippen LogP contribution in [-0.4, -0.2) is 32.6 Å². The topological polar surface area (TPSA) is 88.9 Å². The normalized spacial score (nSPS) is 11.8. The van der Waals surface area contributed by atoms with E-state index in [0.717, 1.165) is 22.8 Å². The Labute approximate surface area is 135 Å². The summed E-state index contributed by atoms with van der Waals surface area (Å²) in [5.41, 5.74) is 2.83. The van der Waals surface area contributed by atoms with E-state index in [9.17, 15) is 9.59 Å². The minimum absolute atomic E-state index is 0.233. The van der Waals surface area contributed by atoms with Gasteiger partial charge < -0.3 is 10.6 Å². The first-order chi connectivity index (χ1) is 10.9. The lowest BCUT2D eigenvalue weighted by molar-refractivity contribution is -0.127. The molecular weight excluding hydrogens is 294 g/mol. The van der Waals surface area contributed by atoms with E-state index in [2.05, 4.69) is 20.7 Å². The molecule has 0 aliphatic carbocycles. The Kier molecular flexibility index (Phi) is 5.10. The van der Waals surface area contributed by atoms with Gasteiger partial charge in [-0.05, 0) is 38.5 Å². The number of amides is 2. The molecule has 122 valence electrons. The lowest BCUT2D eigenvalue weighted by atomic mass is 10.2. The van der Waals surface area contributed by atoms with Gasteiger partial charge in [0.05, 0.1) is 5.69 Å². The molecular formula is C16H21N5O2. The zero-order chi connectivity index (χ0) is 17.0.